The molecule has 0 amide bonds. The first-order valence-electron chi connectivity index (χ1n) is 3.44. The summed E-state index contributed by atoms with van der Waals surface area (Å²) in [5, 5.41) is 8.82. The molecule has 0 aliphatic carbocycles. The highest BCUT2D eigenvalue weighted by atomic mass is 79.9. The number of fused-ring (bicyclic) bond motifs is 1. The van der Waals surface area contributed by atoms with Crippen LogP contribution < -0.4 is 0 Å². The topological polar surface area (TPSA) is 50.2 Å². The summed E-state index contributed by atoms with van der Waals surface area (Å²) in [6.45, 7) is 0. The molecular formula is C8H4BrNO2S. The first-order chi connectivity index (χ1) is 6.18. The molecule has 3 nitrogen and oxygen atoms in total. The second kappa shape index (κ2) is 3.08. The van der Waals surface area contributed by atoms with Crippen LogP contribution in [-0.4, -0.2) is 16.1 Å². The highest BCUT2D eigenvalue weighted by Crippen LogP contribution is 2.26. The predicted octanol–water partition coefficient (Wildman–Crippen LogP) is 2.76. The van der Waals surface area contributed by atoms with E-state index in [1.165, 1.54) is 11.3 Å². The number of aromatic carboxylic acids is 1. The van der Waals surface area contributed by atoms with Crippen LogP contribution in [0.15, 0.2) is 22.1 Å². The van der Waals surface area contributed by atoms with Crippen molar-refractivity contribution in [1.82, 2.24) is 4.98 Å². The summed E-state index contributed by atoms with van der Waals surface area (Å²) in [5.74, 6) is -0.929. The second-order valence-electron chi connectivity index (χ2n) is 2.46. The maximum absolute atomic E-state index is 10.7. The monoisotopic (exact) mass is 257 g/mol. The van der Waals surface area contributed by atoms with Gasteiger partial charge >= 0.3 is 5.97 Å². The van der Waals surface area contributed by atoms with Gasteiger partial charge in [-0.1, -0.05) is 0 Å². The fourth-order valence-corrected chi connectivity index (χ4v) is 2.24. The number of aromatic nitrogens is 1. The molecule has 2 rings (SSSR count). The zero-order chi connectivity index (χ0) is 9.42. The Labute approximate surface area is 86.2 Å². The third-order valence-electron chi connectivity index (χ3n) is 1.65. The van der Waals surface area contributed by atoms with Crippen molar-refractivity contribution < 1.29 is 9.90 Å². The lowest BCUT2D eigenvalue weighted by Gasteiger charge is -1.97. The van der Waals surface area contributed by atoms with Crippen LogP contribution in [0.2, 0.25) is 0 Å². The Morgan fingerprint density at radius 3 is 3.00 bits per heavy atom. The Morgan fingerprint density at radius 2 is 2.31 bits per heavy atom. The lowest BCUT2D eigenvalue weighted by molar-refractivity contribution is 0.0696. The molecule has 2 aromatic rings. The first-order valence-corrected chi connectivity index (χ1v) is 5.12. The van der Waals surface area contributed by atoms with Crippen molar-refractivity contribution in [1.29, 1.82) is 0 Å². The third kappa shape index (κ3) is 1.45. The highest BCUT2D eigenvalue weighted by Gasteiger charge is 2.10. The van der Waals surface area contributed by atoms with Crippen LogP contribution in [0.25, 0.3) is 10.2 Å². The van der Waals surface area contributed by atoms with E-state index in [2.05, 4.69) is 20.9 Å². The molecule has 0 atom stereocenters. The average Bonchev–Trinajstić information content (AvgIpc) is 2.48. The summed E-state index contributed by atoms with van der Waals surface area (Å²) in [6.07, 6.45) is 0. The summed E-state index contributed by atoms with van der Waals surface area (Å²) in [6, 6.07) is 3.34. The minimum absolute atomic E-state index is 0.275. The number of nitrogens with zero attached hydrogens (tertiary/aromatic N) is 1. The number of carboxylic acid groups (broad SMARTS) is 1. The molecule has 0 aliphatic heterocycles. The van der Waals surface area contributed by atoms with Crippen molar-refractivity contribution in [2.75, 3.05) is 0 Å². The fourth-order valence-electron chi connectivity index (χ4n) is 1.04. The molecule has 0 fully saturated rings. The maximum Gasteiger partial charge on any atom is 0.336 e. The van der Waals surface area contributed by atoms with E-state index < -0.39 is 5.97 Å². The number of hydrogen-bond donors (Lipinski definition) is 1. The van der Waals surface area contributed by atoms with Crippen molar-refractivity contribution in [3.8, 4) is 0 Å². The Hall–Kier alpha value is -0.940. The SMILES string of the molecule is O=C(O)c1cc2scnc2cc1Br. The molecule has 1 aromatic heterocycles. The van der Waals surface area contributed by atoms with E-state index in [0.717, 1.165) is 10.2 Å². The van der Waals surface area contributed by atoms with E-state index in [0.29, 0.717) is 4.47 Å². The van der Waals surface area contributed by atoms with E-state index in [4.69, 9.17) is 5.11 Å². The summed E-state index contributed by atoms with van der Waals surface area (Å²) >= 11 is 4.62. The molecule has 0 radical (unpaired) electrons. The van der Waals surface area contributed by atoms with E-state index in [1.807, 2.05) is 0 Å². The molecule has 66 valence electrons. The van der Waals surface area contributed by atoms with Gasteiger partial charge in [0, 0.05) is 4.47 Å². The third-order valence-corrected chi connectivity index (χ3v) is 3.10. The fraction of sp³-hybridized carbons (Fsp3) is 0. The van der Waals surface area contributed by atoms with E-state index in [9.17, 15) is 4.79 Å². The second-order valence-corrected chi connectivity index (χ2v) is 4.20. The summed E-state index contributed by atoms with van der Waals surface area (Å²) in [5.41, 5.74) is 2.79. The van der Waals surface area contributed by atoms with Gasteiger partial charge in [0.25, 0.3) is 0 Å². The van der Waals surface area contributed by atoms with Crippen LogP contribution >= 0.6 is 27.3 Å². The van der Waals surface area contributed by atoms with Crippen LogP contribution in [0.4, 0.5) is 0 Å². The van der Waals surface area contributed by atoms with Crippen LogP contribution in [-0.2, 0) is 0 Å². The van der Waals surface area contributed by atoms with Gasteiger partial charge in [-0.05, 0) is 28.1 Å². The standard InChI is InChI=1S/C8H4BrNO2S/c9-5-2-6-7(13-3-10-6)1-4(5)8(11)12/h1-3H,(H,11,12). The number of hydrogen-bond acceptors (Lipinski definition) is 3. The largest absolute Gasteiger partial charge is 0.478 e. The molecule has 1 N–H and O–H groups in total. The van der Waals surface area contributed by atoms with Crippen molar-refractivity contribution >= 4 is 43.5 Å². The number of benzene rings is 1. The number of halogens is 1. The van der Waals surface area contributed by atoms with Crippen molar-refractivity contribution in [3.05, 3.63) is 27.7 Å². The van der Waals surface area contributed by atoms with Gasteiger partial charge < -0.3 is 5.11 Å². The molecule has 0 unspecified atom stereocenters. The Bertz CT molecular complexity index is 480. The van der Waals surface area contributed by atoms with Gasteiger partial charge in [-0.2, -0.15) is 0 Å². The molecule has 1 aromatic carbocycles. The van der Waals surface area contributed by atoms with E-state index >= 15 is 0 Å². The zero-order valence-electron chi connectivity index (χ0n) is 6.32. The van der Waals surface area contributed by atoms with E-state index in [-0.39, 0.29) is 5.56 Å². The van der Waals surface area contributed by atoms with Crippen molar-refractivity contribution in [2.45, 2.75) is 0 Å². The van der Waals surface area contributed by atoms with Gasteiger partial charge in [0.15, 0.2) is 0 Å². The molecule has 13 heavy (non-hydrogen) atoms. The Kier molecular flexibility index (Phi) is 2.05. The normalized spacial score (nSPS) is 10.5. The predicted molar refractivity (Wildman–Crippen MR) is 54.3 cm³/mol. The maximum atomic E-state index is 10.7. The van der Waals surface area contributed by atoms with Crippen LogP contribution in [0.5, 0.6) is 0 Å². The van der Waals surface area contributed by atoms with E-state index in [1.54, 1.807) is 17.6 Å². The lowest BCUT2D eigenvalue weighted by Crippen LogP contribution is -1.96. The molecule has 0 bridgehead atoms. The average molecular weight is 258 g/mol. The highest BCUT2D eigenvalue weighted by molar-refractivity contribution is 9.10. The van der Waals surface area contributed by atoms with Crippen LogP contribution in [0, 0.1) is 0 Å². The number of carboxylic acids is 1. The Balaban J connectivity index is 2.76. The number of carbonyl (C=O) groups is 1. The lowest BCUT2D eigenvalue weighted by atomic mass is 10.2. The molecule has 1 heterocycles. The van der Waals surface area contributed by atoms with Gasteiger partial charge in [0.2, 0.25) is 0 Å². The summed E-state index contributed by atoms with van der Waals surface area (Å²) in [7, 11) is 0. The molecular weight excluding hydrogens is 254 g/mol. The van der Waals surface area contributed by atoms with Gasteiger partial charge in [-0.25, -0.2) is 9.78 Å². The van der Waals surface area contributed by atoms with Gasteiger partial charge in [0.05, 0.1) is 21.3 Å². The van der Waals surface area contributed by atoms with Crippen LogP contribution in [0.3, 0.4) is 0 Å². The summed E-state index contributed by atoms with van der Waals surface area (Å²) < 4.78 is 1.46. The smallest absolute Gasteiger partial charge is 0.336 e. The minimum atomic E-state index is -0.929. The molecule has 0 aliphatic rings. The molecule has 0 saturated carbocycles. The van der Waals surface area contributed by atoms with Crippen molar-refractivity contribution in [2.24, 2.45) is 0 Å². The van der Waals surface area contributed by atoms with Crippen molar-refractivity contribution in [3.63, 3.8) is 0 Å². The molecule has 5 heteroatoms. The molecule has 0 spiro atoms. The Morgan fingerprint density at radius 1 is 1.54 bits per heavy atom. The summed E-state index contributed by atoms with van der Waals surface area (Å²) in [4.78, 5) is 14.8. The van der Waals surface area contributed by atoms with Crippen LogP contribution in [0.1, 0.15) is 10.4 Å². The van der Waals surface area contributed by atoms with Gasteiger partial charge in [0.1, 0.15) is 0 Å². The first kappa shape index (κ1) is 8.65. The zero-order valence-corrected chi connectivity index (χ0v) is 8.72. The van der Waals surface area contributed by atoms with Gasteiger partial charge in [-0.15, -0.1) is 11.3 Å². The number of rotatable bonds is 1. The van der Waals surface area contributed by atoms with Gasteiger partial charge in [-0.3, -0.25) is 0 Å². The quantitative estimate of drug-likeness (QED) is 0.855. The molecule has 0 saturated heterocycles. The minimum Gasteiger partial charge on any atom is -0.478 e. The number of thiazole rings is 1.